The van der Waals surface area contributed by atoms with Crippen LogP contribution in [0.15, 0.2) is 24.3 Å². The van der Waals surface area contributed by atoms with Gasteiger partial charge in [-0.15, -0.1) is 0 Å². The molecule has 136 valence electrons. The largest absolute Gasteiger partial charge is 0.342 e. The van der Waals surface area contributed by atoms with Crippen molar-refractivity contribution in [1.29, 1.82) is 0 Å². The summed E-state index contributed by atoms with van der Waals surface area (Å²) in [6.45, 7) is 5.23. The van der Waals surface area contributed by atoms with Crippen molar-refractivity contribution in [3.63, 3.8) is 0 Å². The monoisotopic (exact) mass is 455 g/mol. The van der Waals surface area contributed by atoms with E-state index < -0.39 is 0 Å². The highest BCUT2D eigenvalue weighted by molar-refractivity contribution is 14.1. The van der Waals surface area contributed by atoms with Crippen LogP contribution in [0, 0.1) is 3.57 Å². The fraction of sp³-hybridized carbons (Fsp3) is 0.579. The Morgan fingerprint density at radius 3 is 2.20 bits per heavy atom. The molecule has 2 heterocycles. The summed E-state index contributed by atoms with van der Waals surface area (Å²) >= 11 is 2.23. The lowest BCUT2D eigenvalue weighted by Gasteiger charge is -2.35. The molecular formula is C19H26IN3O2. The predicted molar refractivity (Wildman–Crippen MR) is 107 cm³/mol. The van der Waals surface area contributed by atoms with Gasteiger partial charge in [0.05, 0.1) is 6.54 Å². The molecule has 0 aromatic heterocycles. The molecule has 3 rings (SSSR count). The fourth-order valence-electron chi connectivity index (χ4n) is 3.52. The predicted octanol–water partition coefficient (Wildman–Crippen LogP) is 2.45. The Morgan fingerprint density at radius 1 is 0.880 bits per heavy atom. The van der Waals surface area contributed by atoms with Crippen molar-refractivity contribution in [2.45, 2.75) is 25.7 Å². The van der Waals surface area contributed by atoms with Gasteiger partial charge in [0.1, 0.15) is 0 Å². The maximum absolute atomic E-state index is 12.6. The lowest BCUT2D eigenvalue weighted by atomic mass is 10.2. The van der Waals surface area contributed by atoms with Crippen LogP contribution in [-0.4, -0.2) is 72.3 Å². The first kappa shape index (κ1) is 18.6. The van der Waals surface area contributed by atoms with Gasteiger partial charge in [0.2, 0.25) is 5.91 Å². The van der Waals surface area contributed by atoms with E-state index in [9.17, 15) is 9.59 Å². The number of rotatable bonds is 3. The molecule has 2 saturated heterocycles. The molecule has 25 heavy (non-hydrogen) atoms. The van der Waals surface area contributed by atoms with Gasteiger partial charge >= 0.3 is 0 Å². The molecule has 2 aliphatic heterocycles. The maximum Gasteiger partial charge on any atom is 0.253 e. The van der Waals surface area contributed by atoms with E-state index in [0.717, 1.165) is 48.2 Å². The van der Waals surface area contributed by atoms with Gasteiger partial charge in [-0.1, -0.05) is 18.9 Å². The standard InChI is InChI=1S/C19H26IN3O2/c20-17-7-5-6-16(14-17)19(25)23-12-10-21(11-13-23)15-18(24)22-8-3-1-2-4-9-22/h5-7,14H,1-4,8-13,15H2. The highest BCUT2D eigenvalue weighted by Crippen LogP contribution is 2.13. The zero-order valence-corrected chi connectivity index (χ0v) is 16.8. The number of amides is 2. The third-order valence-corrected chi connectivity index (χ3v) is 5.72. The van der Waals surface area contributed by atoms with Crippen molar-refractivity contribution in [3.8, 4) is 0 Å². The second-order valence-corrected chi connectivity index (χ2v) is 8.12. The van der Waals surface area contributed by atoms with E-state index in [1.165, 1.54) is 12.8 Å². The summed E-state index contributed by atoms with van der Waals surface area (Å²) in [7, 11) is 0. The van der Waals surface area contributed by atoms with E-state index in [0.29, 0.717) is 19.6 Å². The van der Waals surface area contributed by atoms with Gasteiger partial charge in [-0.2, -0.15) is 0 Å². The SMILES string of the molecule is O=C(CN1CCN(C(=O)c2cccc(I)c2)CC1)N1CCCCCC1. The zero-order valence-electron chi connectivity index (χ0n) is 14.6. The van der Waals surface area contributed by atoms with E-state index in [1.54, 1.807) is 0 Å². The number of piperazine rings is 1. The molecular weight excluding hydrogens is 429 g/mol. The lowest BCUT2D eigenvalue weighted by Crippen LogP contribution is -2.51. The maximum atomic E-state index is 12.6. The van der Waals surface area contributed by atoms with Crippen molar-refractivity contribution in [1.82, 2.24) is 14.7 Å². The van der Waals surface area contributed by atoms with E-state index >= 15 is 0 Å². The molecule has 5 nitrogen and oxygen atoms in total. The van der Waals surface area contributed by atoms with Gasteiger partial charge in [0.15, 0.2) is 0 Å². The lowest BCUT2D eigenvalue weighted by molar-refractivity contribution is -0.132. The van der Waals surface area contributed by atoms with Gasteiger partial charge < -0.3 is 9.80 Å². The van der Waals surface area contributed by atoms with Gasteiger partial charge in [-0.3, -0.25) is 14.5 Å². The summed E-state index contributed by atoms with van der Waals surface area (Å²) < 4.78 is 1.07. The third kappa shape index (κ3) is 5.17. The van der Waals surface area contributed by atoms with Crippen LogP contribution < -0.4 is 0 Å². The molecule has 1 aromatic carbocycles. The molecule has 2 fully saturated rings. The Kier molecular flexibility index (Phi) is 6.70. The van der Waals surface area contributed by atoms with Gasteiger partial charge in [0, 0.05) is 48.4 Å². The second-order valence-electron chi connectivity index (χ2n) is 6.87. The van der Waals surface area contributed by atoms with E-state index in [4.69, 9.17) is 0 Å². The smallest absolute Gasteiger partial charge is 0.253 e. The summed E-state index contributed by atoms with van der Waals surface area (Å²) in [6, 6.07) is 7.71. The second kappa shape index (κ2) is 8.98. The molecule has 0 radical (unpaired) electrons. The first-order valence-corrected chi connectivity index (χ1v) is 10.3. The summed E-state index contributed by atoms with van der Waals surface area (Å²) in [5, 5.41) is 0. The quantitative estimate of drug-likeness (QED) is 0.658. The first-order valence-electron chi connectivity index (χ1n) is 9.18. The van der Waals surface area contributed by atoms with E-state index in [1.807, 2.05) is 34.1 Å². The fourth-order valence-corrected chi connectivity index (χ4v) is 4.07. The molecule has 2 aliphatic rings. The van der Waals surface area contributed by atoms with Gasteiger partial charge in [-0.25, -0.2) is 0 Å². The van der Waals surface area contributed by atoms with Gasteiger partial charge in [0.25, 0.3) is 5.91 Å². The van der Waals surface area contributed by atoms with Crippen LogP contribution in [0.25, 0.3) is 0 Å². The molecule has 0 aliphatic carbocycles. The highest BCUT2D eigenvalue weighted by atomic mass is 127. The Morgan fingerprint density at radius 2 is 1.56 bits per heavy atom. The molecule has 6 heteroatoms. The molecule has 0 spiro atoms. The topological polar surface area (TPSA) is 43.9 Å². The van der Waals surface area contributed by atoms with Crippen LogP contribution in [0.5, 0.6) is 0 Å². The Labute approximate surface area is 163 Å². The molecule has 0 N–H and O–H groups in total. The first-order chi connectivity index (χ1) is 12.1. The molecule has 1 aromatic rings. The van der Waals surface area contributed by atoms with Crippen molar-refractivity contribution in [2.75, 3.05) is 45.8 Å². The molecule has 0 bridgehead atoms. The number of carbonyl (C=O) groups excluding carboxylic acids is 2. The van der Waals surface area contributed by atoms with Crippen LogP contribution in [0.4, 0.5) is 0 Å². The van der Waals surface area contributed by atoms with Crippen LogP contribution in [0.1, 0.15) is 36.0 Å². The molecule has 0 atom stereocenters. The Balaban J connectivity index is 1.48. The van der Waals surface area contributed by atoms with Crippen molar-refractivity contribution in [3.05, 3.63) is 33.4 Å². The minimum atomic E-state index is 0.0945. The summed E-state index contributed by atoms with van der Waals surface area (Å²) in [6.07, 6.45) is 4.74. The zero-order chi connectivity index (χ0) is 17.6. The number of benzene rings is 1. The number of likely N-dealkylation sites (tertiary alicyclic amines) is 1. The minimum Gasteiger partial charge on any atom is -0.342 e. The number of hydrogen-bond donors (Lipinski definition) is 0. The van der Waals surface area contributed by atoms with Gasteiger partial charge in [-0.05, 0) is 53.6 Å². The Hall–Kier alpha value is -1.15. The van der Waals surface area contributed by atoms with Crippen LogP contribution in [0.3, 0.4) is 0 Å². The van der Waals surface area contributed by atoms with Crippen molar-refractivity contribution in [2.24, 2.45) is 0 Å². The number of halogens is 1. The van der Waals surface area contributed by atoms with Crippen LogP contribution >= 0.6 is 22.6 Å². The van der Waals surface area contributed by atoms with E-state index in [-0.39, 0.29) is 11.8 Å². The van der Waals surface area contributed by atoms with Crippen LogP contribution in [-0.2, 0) is 4.79 Å². The highest BCUT2D eigenvalue weighted by Gasteiger charge is 2.25. The third-order valence-electron chi connectivity index (χ3n) is 5.05. The van der Waals surface area contributed by atoms with E-state index in [2.05, 4.69) is 27.5 Å². The van der Waals surface area contributed by atoms with Crippen molar-refractivity contribution >= 4 is 34.4 Å². The number of hydrogen-bond acceptors (Lipinski definition) is 3. The molecule has 0 saturated carbocycles. The summed E-state index contributed by atoms with van der Waals surface area (Å²) in [4.78, 5) is 31.2. The van der Waals surface area contributed by atoms with Crippen LogP contribution in [0.2, 0.25) is 0 Å². The molecule has 0 unspecified atom stereocenters. The normalized spacial score (nSPS) is 19.6. The number of nitrogens with zero attached hydrogens (tertiary/aromatic N) is 3. The summed E-state index contributed by atoms with van der Waals surface area (Å²) in [5.74, 6) is 0.344. The van der Waals surface area contributed by atoms with Crippen molar-refractivity contribution < 1.29 is 9.59 Å². The average molecular weight is 455 g/mol. The summed E-state index contributed by atoms with van der Waals surface area (Å²) in [5.41, 5.74) is 0.751. The minimum absolute atomic E-state index is 0.0945. The molecule has 2 amide bonds. The average Bonchev–Trinajstić information content (AvgIpc) is 2.91. The Bertz CT molecular complexity index is 606. The number of carbonyl (C=O) groups is 2.